The van der Waals surface area contributed by atoms with Gasteiger partial charge in [-0.15, -0.1) is 0 Å². The first kappa shape index (κ1) is 8.25. The van der Waals surface area contributed by atoms with Crippen LogP contribution in [0, 0.1) is 0 Å². The van der Waals surface area contributed by atoms with Crippen LogP contribution < -0.4 is 10.6 Å². The van der Waals surface area contributed by atoms with Gasteiger partial charge in [0.25, 0.3) is 0 Å². The Morgan fingerprint density at radius 2 is 2.23 bits per heavy atom. The molecule has 70 valence electrons. The minimum Gasteiger partial charge on any atom is -0.386 e. The quantitative estimate of drug-likeness (QED) is 0.616. The lowest BCUT2D eigenvalue weighted by Gasteiger charge is -2.44. The van der Waals surface area contributed by atoms with Crippen molar-refractivity contribution in [3.05, 3.63) is 12.4 Å². The van der Waals surface area contributed by atoms with Gasteiger partial charge in [-0.05, 0) is 6.92 Å². The van der Waals surface area contributed by atoms with Gasteiger partial charge in [0.15, 0.2) is 0 Å². The van der Waals surface area contributed by atoms with E-state index in [4.69, 9.17) is 5.73 Å². The van der Waals surface area contributed by atoms with Crippen LogP contribution in [0.15, 0.2) is 12.4 Å². The summed E-state index contributed by atoms with van der Waals surface area (Å²) in [5.41, 5.74) is 4.92. The molecule has 5 heteroatoms. The monoisotopic (exact) mass is 180 g/mol. The number of rotatable bonds is 1. The molecule has 0 radical (unpaired) electrons. The number of nitrogens with zero attached hydrogens (tertiary/aromatic N) is 3. The molecule has 1 saturated heterocycles. The van der Waals surface area contributed by atoms with E-state index in [1.807, 2.05) is 4.90 Å². The van der Waals surface area contributed by atoms with Crippen LogP contribution in [0.3, 0.4) is 0 Å². The van der Waals surface area contributed by atoms with Crippen molar-refractivity contribution in [1.29, 1.82) is 0 Å². The average Bonchev–Trinajstić information content (AvgIpc) is 2.00. The highest BCUT2D eigenvalue weighted by atomic mass is 16.3. The zero-order chi connectivity index (χ0) is 9.47. The number of nitrogen functional groups attached to an aromatic ring is 1. The first-order chi connectivity index (χ1) is 6.07. The highest BCUT2D eigenvalue weighted by Gasteiger charge is 2.37. The molecule has 1 aliphatic rings. The molecule has 5 nitrogen and oxygen atoms in total. The van der Waals surface area contributed by atoms with Gasteiger partial charge in [-0.2, -0.15) is 0 Å². The predicted octanol–water partition coefficient (Wildman–Crippen LogP) is -0.370. The van der Waals surface area contributed by atoms with Gasteiger partial charge in [0.05, 0.1) is 5.60 Å². The zero-order valence-electron chi connectivity index (χ0n) is 7.44. The Morgan fingerprint density at radius 3 is 2.77 bits per heavy atom. The minimum atomic E-state index is -0.584. The van der Waals surface area contributed by atoms with E-state index in [-0.39, 0.29) is 0 Å². The molecule has 1 aromatic heterocycles. The second-order valence-corrected chi connectivity index (χ2v) is 3.65. The van der Waals surface area contributed by atoms with Crippen molar-refractivity contribution in [3.8, 4) is 0 Å². The summed E-state index contributed by atoms with van der Waals surface area (Å²) in [4.78, 5) is 9.80. The van der Waals surface area contributed by atoms with E-state index in [2.05, 4.69) is 9.97 Å². The SMILES string of the molecule is CC1(O)CN(c2cc(N)ncn2)C1. The van der Waals surface area contributed by atoms with Crippen LogP contribution in [0.1, 0.15) is 6.92 Å². The topological polar surface area (TPSA) is 75.3 Å². The number of aliphatic hydroxyl groups is 1. The molecule has 13 heavy (non-hydrogen) atoms. The molecule has 0 bridgehead atoms. The standard InChI is InChI=1S/C8H12N4O/c1-8(13)3-12(4-8)7-2-6(9)10-5-11-7/h2,5,13H,3-4H2,1H3,(H2,9,10,11). The van der Waals surface area contributed by atoms with Crippen molar-refractivity contribution >= 4 is 11.6 Å². The maximum Gasteiger partial charge on any atom is 0.134 e. The Hall–Kier alpha value is -1.36. The van der Waals surface area contributed by atoms with Crippen LogP contribution in [0.4, 0.5) is 11.6 Å². The summed E-state index contributed by atoms with van der Waals surface area (Å²) < 4.78 is 0. The van der Waals surface area contributed by atoms with E-state index in [9.17, 15) is 5.11 Å². The van der Waals surface area contributed by atoms with Gasteiger partial charge >= 0.3 is 0 Å². The van der Waals surface area contributed by atoms with Crippen molar-refractivity contribution in [2.24, 2.45) is 0 Å². The molecule has 0 aromatic carbocycles. The molecule has 2 heterocycles. The maximum atomic E-state index is 9.50. The van der Waals surface area contributed by atoms with Gasteiger partial charge in [-0.25, -0.2) is 9.97 Å². The van der Waals surface area contributed by atoms with Crippen molar-refractivity contribution < 1.29 is 5.11 Å². The van der Waals surface area contributed by atoms with Crippen LogP contribution in [0.5, 0.6) is 0 Å². The first-order valence-corrected chi connectivity index (χ1v) is 4.12. The largest absolute Gasteiger partial charge is 0.386 e. The predicted molar refractivity (Wildman–Crippen MR) is 49.3 cm³/mol. The summed E-state index contributed by atoms with van der Waals surface area (Å²) in [6, 6.07) is 1.70. The van der Waals surface area contributed by atoms with Gasteiger partial charge in [0.1, 0.15) is 18.0 Å². The van der Waals surface area contributed by atoms with E-state index >= 15 is 0 Å². The molecule has 2 rings (SSSR count). The molecule has 1 aromatic rings. The summed E-state index contributed by atoms with van der Waals surface area (Å²) in [6.07, 6.45) is 1.43. The zero-order valence-corrected chi connectivity index (χ0v) is 7.44. The lowest BCUT2D eigenvalue weighted by molar-refractivity contribution is 0.0305. The highest BCUT2D eigenvalue weighted by Crippen LogP contribution is 2.25. The lowest BCUT2D eigenvalue weighted by atomic mass is 9.97. The van der Waals surface area contributed by atoms with Crippen LogP contribution >= 0.6 is 0 Å². The molecule has 0 atom stereocenters. The fourth-order valence-electron chi connectivity index (χ4n) is 1.47. The Balaban J connectivity index is 2.11. The van der Waals surface area contributed by atoms with Gasteiger partial charge in [0.2, 0.25) is 0 Å². The molecule has 0 amide bonds. The third-order valence-electron chi connectivity index (χ3n) is 2.06. The molecule has 1 fully saturated rings. The Morgan fingerprint density at radius 1 is 1.54 bits per heavy atom. The molecular weight excluding hydrogens is 168 g/mol. The van der Waals surface area contributed by atoms with Gasteiger partial charge < -0.3 is 15.7 Å². The first-order valence-electron chi connectivity index (χ1n) is 4.12. The summed E-state index contributed by atoms with van der Waals surface area (Å²) in [6.45, 7) is 3.00. The van der Waals surface area contributed by atoms with E-state index < -0.39 is 5.60 Å². The third kappa shape index (κ3) is 1.55. The van der Waals surface area contributed by atoms with Crippen LogP contribution in [0.25, 0.3) is 0 Å². The summed E-state index contributed by atoms with van der Waals surface area (Å²) >= 11 is 0. The maximum absolute atomic E-state index is 9.50. The molecular formula is C8H12N4O. The number of anilines is 2. The Bertz CT molecular complexity index is 318. The van der Waals surface area contributed by atoms with E-state index in [0.29, 0.717) is 18.9 Å². The van der Waals surface area contributed by atoms with Crippen LogP contribution in [-0.4, -0.2) is 33.8 Å². The van der Waals surface area contributed by atoms with Crippen molar-refractivity contribution in [3.63, 3.8) is 0 Å². The summed E-state index contributed by atoms with van der Waals surface area (Å²) in [5, 5.41) is 9.50. The number of hydrogen-bond acceptors (Lipinski definition) is 5. The fraction of sp³-hybridized carbons (Fsp3) is 0.500. The molecule has 0 unspecified atom stereocenters. The molecule has 0 saturated carbocycles. The average molecular weight is 180 g/mol. The number of hydrogen-bond donors (Lipinski definition) is 2. The smallest absolute Gasteiger partial charge is 0.134 e. The normalized spacial score (nSPS) is 19.7. The van der Waals surface area contributed by atoms with Gasteiger partial charge in [-0.1, -0.05) is 0 Å². The number of aromatic nitrogens is 2. The van der Waals surface area contributed by atoms with Crippen molar-refractivity contribution in [2.75, 3.05) is 23.7 Å². The second-order valence-electron chi connectivity index (χ2n) is 3.65. The fourth-order valence-corrected chi connectivity index (χ4v) is 1.47. The number of nitrogens with two attached hydrogens (primary N) is 1. The van der Waals surface area contributed by atoms with Gasteiger partial charge in [-0.3, -0.25) is 0 Å². The molecule has 0 aliphatic carbocycles. The molecule has 0 spiro atoms. The summed E-state index contributed by atoms with van der Waals surface area (Å²) in [5.74, 6) is 1.23. The van der Waals surface area contributed by atoms with Crippen LogP contribution in [0.2, 0.25) is 0 Å². The number of β-amino-alcohol motifs (C(OH)–C–C–N with tert-alkyl or cyclic N) is 1. The van der Waals surface area contributed by atoms with E-state index in [1.54, 1.807) is 13.0 Å². The third-order valence-corrected chi connectivity index (χ3v) is 2.06. The van der Waals surface area contributed by atoms with E-state index in [0.717, 1.165) is 5.82 Å². The summed E-state index contributed by atoms with van der Waals surface area (Å²) in [7, 11) is 0. The minimum absolute atomic E-state index is 0.455. The second kappa shape index (κ2) is 2.56. The lowest BCUT2D eigenvalue weighted by Crippen LogP contribution is -2.60. The Kier molecular flexibility index (Phi) is 1.63. The van der Waals surface area contributed by atoms with Crippen molar-refractivity contribution in [1.82, 2.24) is 9.97 Å². The Labute approximate surface area is 76.2 Å². The van der Waals surface area contributed by atoms with Crippen molar-refractivity contribution in [2.45, 2.75) is 12.5 Å². The molecule has 1 aliphatic heterocycles. The highest BCUT2D eigenvalue weighted by molar-refractivity contribution is 5.49. The van der Waals surface area contributed by atoms with E-state index in [1.165, 1.54) is 6.33 Å². The van der Waals surface area contributed by atoms with Gasteiger partial charge in [0, 0.05) is 19.2 Å². The molecule has 3 N–H and O–H groups in total. The van der Waals surface area contributed by atoms with Crippen LogP contribution in [-0.2, 0) is 0 Å².